The quantitative estimate of drug-likeness (QED) is 0.759. The zero-order chi connectivity index (χ0) is 14.5. The Bertz CT molecular complexity index is 567. The van der Waals surface area contributed by atoms with Gasteiger partial charge in [0.1, 0.15) is 5.82 Å². The van der Waals surface area contributed by atoms with E-state index in [1.807, 2.05) is 17.4 Å². The smallest absolute Gasteiger partial charge is 0.124 e. The van der Waals surface area contributed by atoms with Crippen LogP contribution in [0.5, 0.6) is 0 Å². The molecule has 1 N–H and O–H groups in total. The second kappa shape index (κ2) is 7.34. The van der Waals surface area contributed by atoms with Crippen molar-refractivity contribution < 1.29 is 4.39 Å². The lowest BCUT2D eigenvalue weighted by Crippen LogP contribution is -2.23. The van der Waals surface area contributed by atoms with Crippen molar-refractivity contribution in [3.63, 3.8) is 0 Å². The van der Waals surface area contributed by atoms with Gasteiger partial charge in [-0.3, -0.25) is 0 Å². The molecule has 108 valence electrons. The number of hydrogen-bond acceptors (Lipinski definition) is 2. The molecule has 2 aromatic rings. The molecule has 20 heavy (non-hydrogen) atoms. The first-order chi connectivity index (χ1) is 9.63. The molecule has 1 heterocycles. The van der Waals surface area contributed by atoms with Crippen LogP contribution in [-0.2, 0) is 12.8 Å². The van der Waals surface area contributed by atoms with Gasteiger partial charge in [0.2, 0.25) is 0 Å². The van der Waals surface area contributed by atoms with Crippen molar-refractivity contribution in [2.24, 2.45) is 0 Å². The topological polar surface area (TPSA) is 12.0 Å². The fraction of sp³-hybridized carbons (Fsp3) is 0.375. The maximum Gasteiger partial charge on any atom is 0.124 e. The summed E-state index contributed by atoms with van der Waals surface area (Å²) in [6.07, 6.45) is 2.01. The van der Waals surface area contributed by atoms with Crippen LogP contribution in [0.4, 0.5) is 4.39 Å². The van der Waals surface area contributed by atoms with Crippen LogP contribution < -0.4 is 5.32 Å². The Balaban J connectivity index is 2.21. The first-order valence-electron chi connectivity index (χ1n) is 6.90. The van der Waals surface area contributed by atoms with Gasteiger partial charge in [0, 0.05) is 26.7 Å². The van der Waals surface area contributed by atoms with Crippen LogP contribution >= 0.6 is 27.3 Å². The van der Waals surface area contributed by atoms with Gasteiger partial charge in [-0.15, -0.1) is 11.3 Å². The average Bonchev–Trinajstić information content (AvgIpc) is 2.86. The maximum atomic E-state index is 13.2. The molecule has 0 saturated heterocycles. The largest absolute Gasteiger partial charge is 0.310 e. The van der Waals surface area contributed by atoms with Gasteiger partial charge in [-0.1, -0.05) is 35.8 Å². The van der Waals surface area contributed by atoms with Crippen molar-refractivity contribution in [3.05, 3.63) is 55.9 Å². The molecule has 1 aromatic heterocycles. The summed E-state index contributed by atoms with van der Waals surface area (Å²) in [5.41, 5.74) is 1.11. The predicted molar refractivity (Wildman–Crippen MR) is 87.9 cm³/mol. The zero-order valence-corrected chi connectivity index (χ0v) is 14.2. The molecular weight excluding hydrogens is 337 g/mol. The Labute approximate surface area is 132 Å². The molecule has 0 saturated carbocycles. The molecule has 2 rings (SSSR count). The van der Waals surface area contributed by atoms with Gasteiger partial charge in [-0.05, 0) is 42.8 Å². The van der Waals surface area contributed by atoms with Crippen LogP contribution in [0.3, 0.4) is 0 Å². The number of aryl methyl sites for hydroxylation is 1. The highest BCUT2D eigenvalue weighted by Crippen LogP contribution is 2.29. The summed E-state index contributed by atoms with van der Waals surface area (Å²) in [4.78, 5) is 2.78. The van der Waals surface area contributed by atoms with E-state index in [1.54, 1.807) is 0 Å². The Morgan fingerprint density at radius 2 is 1.95 bits per heavy atom. The fourth-order valence-electron chi connectivity index (χ4n) is 2.25. The first-order valence-corrected chi connectivity index (χ1v) is 8.50. The lowest BCUT2D eigenvalue weighted by molar-refractivity contribution is 0.548. The predicted octanol–water partition coefficient (Wildman–Crippen LogP) is 5.11. The van der Waals surface area contributed by atoms with Crippen LogP contribution in [0, 0.1) is 5.82 Å². The molecule has 1 nitrogen and oxygen atoms in total. The fourth-order valence-corrected chi connectivity index (χ4v) is 3.88. The lowest BCUT2D eigenvalue weighted by Gasteiger charge is -2.19. The maximum absolute atomic E-state index is 13.2. The molecule has 0 aliphatic carbocycles. The number of thiophene rings is 1. The monoisotopic (exact) mass is 355 g/mol. The Hall–Kier alpha value is -0.710. The third kappa shape index (κ3) is 3.90. The summed E-state index contributed by atoms with van der Waals surface area (Å²) >= 11 is 5.33. The summed E-state index contributed by atoms with van der Waals surface area (Å²) in [6, 6.07) is 9.52. The molecule has 1 unspecified atom stereocenters. The highest BCUT2D eigenvalue weighted by atomic mass is 79.9. The number of rotatable bonds is 6. The lowest BCUT2D eigenvalue weighted by atomic mass is 10.0. The Kier molecular flexibility index (Phi) is 5.75. The summed E-state index contributed by atoms with van der Waals surface area (Å²) < 4.78 is 14.1. The van der Waals surface area contributed by atoms with Crippen LogP contribution in [0.15, 0.2) is 34.8 Å². The van der Waals surface area contributed by atoms with Crippen molar-refractivity contribution in [3.8, 4) is 0 Å². The molecular formula is C16H19BrFNS. The van der Waals surface area contributed by atoms with Crippen molar-refractivity contribution in [2.75, 3.05) is 6.54 Å². The van der Waals surface area contributed by atoms with Crippen LogP contribution in [0.2, 0.25) is 0 Å². The van der Waals surface area contributed by atoms with Crippen molar-refractivity contribution in [1.29, 1.82) is 0 Å². The van der Waals surface area contributed by atoms with Gasteiger partial charge < -0.3 is 5.32 Å². The molecule has 0 aliphatic rings. The van der Waals surface area contributed by atoms with Gasteiger partial charge in [0.05, 0.1) is 0 Å². The SMILES string of the molecule is CCNC(Cc1ccc(CC)s1)c1ccc(F)cc1Br. The molecule has 0 bridgehead atoms. The Morgan fingerprint density at radius 3 is 2.55 bits per heavy atom. The van der Waals surface area contributed by atoms with E-state index in [0.717, 1.165) is 29.4 Å². The van der Waals surface area contributed by atoms with Crippen molar-refractivity contribution in [2.45, 2.75) is 32.7 Å². The number of halogens is 2. The molecule has 0 spiro atoms. The van der Waals surface area contributed by atoms with E-state index in [-0.39, 0.29) is 11.9 Å². The van der Waals surface area contributed by atoms with Gasteiger partial charge in [-0.2, -0.15) is 0 Å². The van der Waals surface area contributed by atoms with Crippen LogP contribution in [-0.4, -0.2) is 6.54 Å². The van der Waals surface area contributed by atoms with Gasteiger partial charge in [-0.25, -0.2) is 4.39 Å². The molecule has 1 atom stereocenters. The summed E-state index contributed by atoms with van der Waals surface area (Å²) in [7, 11) is 0. The van der Waals surface area contributed by atoms with Crippen LogP contribution in [0.25, 0.3) is 0 Å². The summed E-state index contributed by atoms with van der Waals surface area (Å²) in [6.45, 7) is 5.16. The molecule has 0 fully saturated rings. The number of nitrogens with one attached hydrogen (secondary N) is 1. The minimum atomic E-state index is -0.208. The van der Waals surface area contributed by atoms with Crippen molar-refractivity contribution in [1.82, 2.24) is 5.32 Å². The second-order valence-electron chi connectivity index (χ2n) is 4.70. The normalized spacial score (nSPS) is 12.6. The van der Waals surface area contributed by atoms with E-state index in [4.69, 9.17) is 0 Å². The van der Waals surface area contributed by atoms with E-state index in [2.05, 4.69) is 47.2 Å². The van der Waals surface area contributed by atoms with E-state index < -0.39 is 0 Å². The number of likely N-dealkylation sites (N-methyl/N-ethyl adjacent to an activating group) is 1. The third-order valence-electron chi connectivity index (χ3n) is 3.26. The van der Waals surface area contributed by atoms with E-state index in [1.165, 1.54) is 21.9 Å². The summed E-state index contributed by atoms with van der Waals surface area (Å²) in [5, 5.41) is 3.49. The third-order valence-corrected chi connectivity index (χ3v) is 5.20. The van der Waals surface area contributed by atoms with E-state index in [9.17, 15) is 4.39 Å². The molecule has 0 amide bonds. The Morgan fingerprint density at radius 1 is 1.20 bits per heavy atom. The minimum absolute atomic E-state index is 0.207. The first kappa shape index (κ1) is 15.7. The van der Waals surface area contributed by atoms with Gasteiger partial charge >= 0.3 is 0 Å². The second-order valence-corrected chi connectivity index (χ2v) is 6.81. The molecule has 0 aliphatic heterocycles. The molecule has 0 radical (unpaired) electrons. The molecule has 4 heteroatoms. The highest BCUT2D eigenvalue weighted by molar-refractivity contribution is 9.10. The number of benzene rings is 1. The zero-order valence-electron chi connectivity index (χ0n) is 11.7. The van der Waals surface area contributed by atoms with E-state index >= 15 is 0 Å². The van der Waals surface area contributed by atoms with E-state index in [0.29, 0.717) is 0 Å². The number of hydrogen-bond donors (Lipinski definition) is 1. The summed E-state index contributed by atoms with van der Waals surface area (Å²) in [5.74, 6) is -0.208. The highest BCUT2D eigenvalue weighted by Gasteiger charge is 2.15. The van der Waals surface area contributed by atoms with Crippen molar-refractivity contribution >= 4 is 27.3 Å². The average molecular weight is 356 g/mol. The standard InChI is InChI=1S/C16H19BrFNS/c1-3-12-6-7-13(20-12)10-16(19-4-2)14-8-5-11(18)9-15(14)17/h5-9,16,19H,3-4,10H2,1-2H3. The van der Waals surface area contributed by atoms with Gasteiger partial charge in [0.25, 0.3) is 0 Å². The minimum Gasteiger partial charge on any atom is -0.310 e. The molecule has 1 aromatic carbocycles. The van der Waals surface area contributed by atoms with Crippen LogP contribution in [0.1, 0.15) is 35.2 Å². The van der Waals surface area contributed by atoms with Gasteiger partial charge in [0.15, 0.2) is 0 Å².